The van der Waals surface area contributed by atoms with E-state index in [-0.39, 0.29) is 38.9 Å². The maximum Gasteiger partial charge on any atom is 0.318 e. The third kappa shape index (κ3) is 10.2. The average molecular weight is 745 g/mol. The maximum atomic E-state index is 12.6. The second-order valence-electron chi connectivity index (χ2n) is 12.7. The van der Waals surface area contributed by atoms with Crippen LogP contribution in [-0.2, 0) is 17.8 Å². The first-order valence-electron chi connectivity index (χ1n) is 16.8. The van der Waals surface area contributed by atoms with Crippen LogP contribution in [-0.4, -0.2) is 108 Å². The molecule has 3 aromatic rings. The third-order valence-corrected chi connectivity index (χ3v) is 9.69. The Morgan fingerprint density at radius 1 is 1.22 bits per heavy atom. The highest BCUT2D eigenvalue weighted by Crippen LogP contribution is 2.36. The lowest BCUT2D eigenvalue weighted by Gasteiger charge is -2.33. The van der Waals surface area contributed by atoms with Gasteiger partial charge >= 0.3 is 6.01 Å². The lowest BCUT2D eigenvalue weighted by atomic mass is 10.0. The lowest BCUT2D eigenvalue weighted by molar-refractivity contribution is -0.127. The van der Waals surface area contributed by atoms with Crippen molar-refractivity contribution in [3.8, 4) is 6.01 Å². The number of nitrogens with two attached hydrogens (primary N) is 1. The van der Waals surface area contributed by atoms with Crippen molar-refractivity contribution in [1.29, 1.82) is 0 Å². The Kier molecular flexibility index (Phi) is 15.9. The summed E-state index contributed by atoms with van der Waals surface area (Å²) in [5, 5.41) is 2.98. The number of aromatic nitrogens is 2. The van der Waals surface area contributed by atoms with E-state index in [0.717, 1.165) is 58.7 Å². The number of nitrogens with zero attached hydrogens (tertiary/aromatic N) is 7. The Labute approximate surface area is 314 Å². The number of amides is 1. The first kappa shape index (κ1) is 41.1. The number of carbonyl (C=O) groups is 1. The van der Waals surface area contributed by atoms with E-state index < -0.39 is 6.17 Å². The minimum Gasteiger partial charge on any atom is -0.462 e. The number of fused-ring (bicyclic) bond motifs is 2. The summed E-state index contributed by atoms with van der Waals surface area (Å²) in [5.74, 6) is 0.455. The van der Waals surface area contributed by atoms with Crippen molar-refractivity contribution in [3.63, 3.8) is 0 Å². The van der Waals surface area contributed by atoms with Crippen LogP contribution in [0.2, 0.25) is 5.02 Å². The molecule has 2 aromatic carbocycles. The Balaban J connectivity index is 0.000000294. The van der Waals surface area contributed by atoms with Crippen LogP contribution in [0.5, 0.6) is 6.01 Å². The number of halogens is 2. The van der Waals surface area contributed by atoms with Crippen LogP contribution in [0.25, 0.3) is 15.6 Å². The summed E-state index contributed by atoms with van der Waals surface area (Å²) in [7, 11) is 2.14. The molecule has 3 aliphatic rings. The van der Waals surface area contributed by atoms with Crippen molar-refractivity contribution in [2.24, 2.45) is 0 Å². The largest absolute Gasteiger partial charge is 0.462 e. The molecule has 0 saturated carbocycles. The van der Waals surface area contributed by atoms with Gasteiger partial charge in [0.2, 0.25) is 12.5 Å². The summed E-state index contributed by atoms with van der Waals surface area (Å²) in [4.78, 5) is 32.6. The van der Waals surface area contributed by atoms with Crippen molar-refractivity contribution >= 4 is 66.8 Å². The fraction of sp³-hybridized carbons (Fsp3) is 0.500. The second-order valence-corrected chi connectivity index (χ2v) is 13.1. The highest BCUT2D eigenvalue weighted by molar-refractivity contribution is 7.59. The van der Waals surface area contributed by atoms with Crippen molar-refractivity contribution in [2.45, 2.75) is 57.9 Å². The fourth-order valence-electron chi connectivity index (χ4n) is 6.58. The van der Waals surface area contributed by atoms with Gasteiger partial charge in [-0.1, -0.05) is 41.9 Å². The Morgan fingerprint density at radius 2 is 1.96 bits per heavy atom. The molecule has 0 bridgehead atoms. The summed E-state index contributed by atoms with van der Waals surface area (Å²) in [6.07, 6.45) is 5.73. The van der Waals surface area contributed by atoms with E-state index in [4.69, 9.17) is 33.6 Å². The van der Waals surface area contributed by atoms with Crippen molar-refractivity contribution < 1.29 is 13.9 Å². The zero-order chi connectivity index (χ0) is 34.2. The highest BCUT2D eigenvalue weighted by Gasteiger charge is 2.26. The van der Waals surface area contributed by atoms with Crippen molar-refractivity contribution in [1.82, 2.24) is 24.7 Å². The zero-order valence-electron chi connectivity index (χ0n) is 29.1. The summed E-state index contributed by atoms with van der Waals surface area (Å²) in [5.41, 5.74) is 9.36. The van der Waals surface area contributed by atoms with Gasteiger partial charge in [0, 0.05) is 61.5 Å². The quantitative estimate of drug-likeness (QED) is 0.216. The Hall–Kier alpha value is -3.28. The SMILES string of the molecule is CN1CCC[C@H]1COc1nc(N)c2c(n1)CN(c1cccc3cccc(Cl)c13)CC2.S.S.[C-]#[N+]C[C@@H](C)N(CC)C(=O)/C=C/CN1CC(F)C1. The highest BCUT2D eigenvalue weighted by atomic mass is 35.5. The number of nitrogen functional groups attached to an aromatic ring is 1. The number of ether oxygens (including phenoxy) is 1. The first-order valence-corrected chi connectivity index (χ1v) is 17.1. The minimum atomic E-state index is -0.708. The summed E-state index contributed by atoms with van der Waals surface area (Å²) in [6.45, 7) is 16.3. The molecule has 0 unspecified atom stereocenters. The number of benzene rings is 2. The molecule has 4 heterocycles. The van der Waals surface area contributed by atoms with E-state index in [1.807, 2.05) is 30.9 Å². The predicted molar refractivity (Wildman–Crippen MR) is 211 cm³/mol. The molecule has 6 rings (SSSR count). The molecule has 2 fully saturated rings. The van der Waals surface area contributed by atoms with E-state index >= 15 is 0 Å². The lowest BCUT2D eigenvalue weighted by Crippen LogP contribution is -2.48. The zero-order valence-corrected chi connectivity index (χ0v) is 31.9. The third-order valence-electron chi connectivity index (χ3n) is 9.37. The van der Waals surface area contributed by atoms with Gasteiger partial charge in [0.05, 0.1) is 17.3 Å². The number of anilines is 2. The van der Waals surface area contributed by atoms with E-state index in [1.165, 1.54) is 12.5 Å². The summed E-state index contributed by atoms with van der Waals surface area (Å²) < 4.78 is 18.5. The normalized spacial score (nSPS) is 18.2. The molecule has 3 aliphatic heterocycles. The molecule has 272 valence electrons. The van der Waals surface area contributed by atoms with Gasteiger partial charge in [-0.25, -0.2) is 11.0 Å². The molecule has 0 spiro atoms. The van der Waals surface area contributed by atoms with Gasteiger partial charge in [-0.3, -0.25) is 9.69 Å². The number of carbonyl (C=O) groups excluding carboxylic acids is 1. The molecule has 2 N–H and O–H groups in total. The Bertz CT molecular complexity index is 1650. The molecule has 1 aromatic heterocycles. The molecule has 2 saturated heterocycles. The number of hydrogen-bond acceptors (Lipinski definition) is 8. The molecule has 50 heavy (non-hydrogen) atoms. The molecule has 14 heteroatoms. The molecule has 10 nitrogen and oxygen atoms in total. The number of likely N-dealkylation sites (N-methyl/N-ethyl adjacent to an activating group) is 2. The van der Waals surface area contributed by atoms with Crippen LogP contribution in [0.4, 0.5) is 15.9 Å². The van der Waals surface area contributed by atoms with Crippen molar-refractivity contribution in [2.75, 3.05) is 70.1 Å². The first-order chi connectivity index (χ1) is 23.2. The predicted octanol–water partition coefficient (Wildman–Crippen LogP) is 5.48. The summed E-state index contributed by atoms with van der Waals surface area (Å²) in [6, 6.07) is 13.0. The molecular weight excluding hydrogens is 695 g/mol. The number of hydrogen-bond donors (Lipinski definition) is 1. The maximum absolute atomic E-state index is 12.6. The van der Waals surface area contributed by atoms with Crippen LogP contribution >= 0.6 is 38.6 Å². The standard InChI is InChI=1S/C23H26ClN5O.C13H20FN3O.2H2S/c1-28-11-4-7-16(28)14-30-23-26-19-13-29(12-10-17(19)22(25)27-23)20-9-3-6-15-5-2-8-18(24)21(15)20;1-4-17(11(2)8-15-3)13(18)6-5-7-16-9-12(14)10-16;;/h2-3,5-6,8-9,16H,4,7,10-14H2,1H3,(H2,25,26,27);5-6,11-12H,4,7-10H2,1-2H3;2*1H2/b;6-5+;;/t16-;11-;;/m01../s1. The number of likely N-dealkylation sites (tertiary alicyclic amines) is 2. The van der Waals surface area contributed by atoms with Gasteiger partial charge in [-0.05, 0) is 64.2 Å². The van der Waals surface area contributed by atoms with Crippen molar-refractivity contribution in [3.05, 3.63) is 76.2 Å². The molecule has 2 atom stereocenters. The van der Waals surface area contributed by atoms with E-state index in [2.05, 4.69) is 50.9 Å². The topological polar surface area (TPSA) is 95.4 Å². The van der Waals surface area contributed by atoms with Crippen LogP contribution in [0.1, 0.15) is 37.9 Å². The van der Waals surface area contributed by atoms with Crippen LogP contribution in [0.15, 0.2) is 48.6 Å². The van der Waals surface area contributed by atoms with Crippen LogP contribution in [0.3, 0.4) is 0 Å². The number of rotatable bonds is 10. The summed E-state index contributed by atoms with van der Waals surface area (Å²) >= 11 is 6.55. The van der Waals surface area contributed by atoms with Crippen LogP contribution in [0, 0.1) is 6.57 Å². The van der Waals surface area contributed by atoms with E-state index in [0.29, 0.717) is 63.7 Å². The van der Waals surface area contributed by atoms with E-state index in [9.17, 15) is 9.18 Å². The van der Waals surface area contributed by atoms with Crippen LogP contribution < -0.4 is 15.4 Å². The monoisotopic (exact) mass is 744 g/mol. The smallest absolute Gasteiger partial charge is 0.318 e. The van der Waals surface area contributed by atoms with Gasteiger partial charge in [0.1, 0.15) is 24.6 Å². The van der Waals surface area contributed by atoms with E-state index in [1.54, 1.807) is 11.0 Å². The second kappa shape index (κ2) is 19.4. The van der Waals surface area contributed by atoms with Gasteiger partial charge in [0.15, 0.2) is 0 Å². The molecular formula is C36H50ClFN8O2S2. The van der Waals surface area contributed by atoms with Gasteiger partial charge in [0.25, 0.3) is 0 Å². The van der Waals surface area contributed by atoms with Gasteiger partial charge < -0.3 is 30.0 Å². The van der Waals surface area contributed by atoms with Gasteiger partial charge in [-0.15, -0.1) is 0 Å². The Morgan fingerprint density at radius 3 is 2.62 bits per heavy atom. The number of alkyl halides is 1. The minimum absolute atomic E-state index is 0. The molecule has 0 aliphatic carbocycles. The molecule has 1 amide bonds. The fourth-order valence-corrected chi connectivity index (χ4v) is 6.85. The average Bonchev–Trinajstić information content (AvgIpc) is 3.47. The van der Waals surface area contributed by atoms with Gasteiger partial charge in [-0.2, -0.15) is 37.0 Å². The molecule has 0 radical (unpaired) electrons.